The molecule has 0 radical (unpaired) electrons. The molecular weight excluding hydrogens is 664 g/mol. The fraction of sp³-hybridized carbons (Fsp3) is 0.433. The van der Waals surface area contributed by atoms with E-state index in [1.807, 2.05) is 37.4 Å². The summed E-state index contributed by atoms with van der Waals surface area (Å²) in [6.45, 7) is 6.60. The Kier molecular flexibility index (Phi) is 10.4. The predicted molar refractivity (Wildman–Crippen MR) is 171 cm³/mol. The number of amides is 1. The van der Waals surface area contributed by atoms with Gasteiger partial charge in [0.1, 0.15) is 9.22 Å². The van der Waals surface area contributed by atoms with Crippen molar-refractivity contribution in [3.63, 3.8) is 0 Å². The number of carbonyl (C=O) groups is 2. The second-order valence-electron chi connectivity index (χ2n) is 11.1. The van der Waals surface area contributed by atoms with Crippen LogP contribution in [0.4, 0.5) is 18.9 Å². The van der Waals surface area contributed by atoms with E-state index in [1.165, 1.54) is 15.6 Å². The van der Waals surface area contributed by atoms with Crippen molar-refractivity contribution in [3.8, 4) is 10.7 Å². The second-order valence-corrected chi connectivity index (χ2v) is 15.2. The van der Waals surface area contributed by atoms with E-state index in [-0.39, 0.29) is 5.92 Å². The first kappa shape index (κ1) is 33.9. The van der Waals surface area contributed by atoms with Gasteiger partial charge in [0.2, 0.25) is 5.91 Å². The maximum absolute atomic E-state index is 13.4. The number of hydrogen-bond donors (Lipinski definition) is 2. The Morgan fingerprint density at radius 2 is 1.87 bits per heavy atom. The summed E-state index contributed by atoms with van der Waals surface area (Å²) in [5, 5.41) is 10.7. The number of halogens is 3. The highest BCUT2D eigenvalue weighted by Gasteiger charge is 2.38. The van der Waals surface area contributed by atoms with Crippen LogP contribution in [0.3, 0.4) is 0 Å². The zero-order valence-electron chi connectivity index (χ0n) is 25.0. The summed E-state index contributed by atoms with van der Waals surface area (Å²) < 4.78 is 60.3. The van der Waals surface area contributed by atoms with Gasteiger partial charge in [-0.05, 0) is 62.7 Å². The number of aromatic amines is 1. The van der Waals surface area contributed by atoms with Crippen molar-refractivity contribution in [2.75, 3.05) is 37.0 Å². The number of aliphatic carboxylic acids is 1. The molecule has 2 aliphatic rings. The number of hydrogen-bond acceptors (Lipinski definition) is 8. The average molecular weight is 698 g/mol. The Morgan fingerprint density at radius 1 is 1.13 bits per heavy atom. The van der Waals surface area contributed by atoms with Gasteiger partial charge in [0.15, 0.2) is 0 Å². The smallest absolute Gasteiger partial charge is 0.475 e. The van der Waals surface area contributed by atoms with Crippen molar-refractivity contribution in [1.82, 2.24) is 19.8 Å². The largest absolute Gasteiger partial charge is 0.490 e. The molecule has 46 heavy (non-hydrogen) atoms. The molecule has 16 heteroatoms. The SMILES string of the molecule is CCN(c1cccc2cc(-c3ncc(CN4CCCC(C(=O)N5CCCC5)C4)s3)[nH]c12)S(=O)(=O)c1cccs1.O=C(O)C(F)(F)F. The van der Waals surface area contributed by atoms with Crippen LogP contribution < -0.4 is 4.31 Å². The van der Waals surface area contributed by atoms with Gasteiger partial charge in [0.25, 0.3) is 10.0 Å². The summed E-state index contributed by atoms with van der Waals surface area (Å²) in [6.07, 6.45) is 1.12. The number of para-hydroxylation sites is 1. The third kappa shape index (κ3) is 7.56. The number of rotatable bonds is 8. The van der Waals surface area contributed by atoms with Gasteiger partial charge in [-0.1, -0.05) is 18.2 Å². The molecular formula is C30H34F3N5O5S3. The number of anilines is 1. The lowest BCUT2D eigenvalue weighted by Crippen LogP contribution is -2.43. The minimum Gasteiger partial charge on any atom is -0.475 e. The van der Waals surface area contributed by atoms with E-state index in [1.54, 1.807) is 28.8 Å². The molecule has 0 bridgehead atoms. The van der Waals surface area contributed by atoms with E-state index in [2.05, 4.69) is 14.8 Å². The molecule has 1 atom stereocenters. The van der Waals surface area contributed by atoms with E-state index >= 15 is 0 Å². The highest BCUT2D eigenvalue weighted by Crippen LogP contribution is 2.36. The highest BCUT2D eigenvalue weighted by molar-refractivity contribution is 7.94. The highest BCUT2D eigenvalue weighted by atomic mass is 32.2. The van der Waals surface area contributed by atoms with Crippen molar-refractivity contribution in [2.24, 2.45) is 5.92 Å². The lowest BCUT2D eigenvalue weighted by Gasteiger charge is -2.33. The van der Waals surface area contributed by atoms with Gasteiger partial charge in [-0.15, -0.1) is 22.7 Å². The first-order valence-corrected chi connectivity index (χ1v) is 18.0. The summed E-state index contributed by atoms with van der Waals surface area (Å²) in [7, 11) is -3.65. The van der Waals surface area contributed by atoms with Gasteiger partial charge < -0.3 is 15.0 Å². The Hall–Kier alpha value is -3.47. The van der Waals surface area contributed by atoms with E-state index in [0.29, 0.717) is 22.3 Å². The molecule has 0 spiro atoms. The van der Waals surface area contributed by atoms with Crippen LogP contribution in [-0.4, -0.2) is 84.1 Å². The molecule has 1 unspecified atom stereocenters. The molecule has 2 saturated heterocycles. The van der Waals surface area contributed by atoms with Crippen molar-refractivity contribution >= 4 is 61.2 Å². The second kappa shape index (κ2) is 14.1. The molecule has 2 fully saturated rings. The lowest BCUT2D eigenvalue weighted by atomic mass is 9.96. The minimum absolute atomic E-state index is 0.100. The molecule has 10 nitrogen and oxygen atoms in total. The number of likely N-dealkylation sites (tertiary alicyclic amines) is 2. The van der Waals surface area contributed by atoms with Gasteiger partial charge in [-0.25, -0.2) is 18.2 Å². The number of carboxylic acids is 1. The maximum Gasteiger partial charge on any atom is 0.490 e. The third-order valence-electron chi connectivity index (χ3n) is 7.91. The van der Waals surface area contributed by atoms with Crippen LogP contribution in [0.15, 0.2) is 52.2 Å². The number of alkyl halides is 3. The number of thiophene rings is 1. The van der Waals surface area contributed by atoms with Crippen molar-refractivity contribution in [1.29, 1.82) is 0 Å². The van der Waals surface area contributed by atoms with Gasteiger partial charge >= 0.3 is 12.1 Å². The van der Waals surface area contributed by atoms with Gasteiger partial charge in [0.05, 0.1) is 22.8 Å². The fourth-order valence-electron chi connectivity index (χ4n) is 5.77. The third-order valence-corrected chi connectivity index (χ3v) is 12.2. The summed E-state index contributed by atoms with van der Waals surface area (Å²) in [5.41, 5.74) is 2.29. The average Bonchev–Trinajstić information content (AvgIpc) is 3.84. The van der Waals surface area contributed by atoms with E-state index < -0.39 is 22.2 Å². The number of aromatic nitrogens is 2. The van der Waals surface area contributed by atoms with Gasteiger partial charge in [-0.3, -0.25) is 14.0 Å². The van der Waals surface area contributed by atoms with Crippen LogP contribution in [0.1, 0.15) is 37.5 Å². The molecule has 2 aliphatic heterocycles. The van der Waals surface area contributed by atoms with Gasteiger partial charge in [-0.2, -0.15) is 13.2 Å². The first-order valence-electron chi connectivity index (χ1n) is 14.8. The summed E-state index contributed by atoms with van der Waals surface area (Å²) in [6, 6.07) is 11.2. The number of carbonyl (C=O) groups excluding carboxylic acids is 1. The molecule has 2 N–H and O–H groups in total. The van der Waals surface area contributed by atoms with Crippen molar-refractivity contribution in [3.05, 3.63) is 52.9 Å². The predicted octanol–water partition coefficient (Wildman–Crippen LogP) is 6.04. The molecule has 248 valence electrons. The number of sulfonamides is 1. The normalized spacial score (nSPS) is 17.6. The first-order chi connectivity index (χ1) is 21.9. The Labute approximate surface area is 272 Å². The maximum atomic E-state index is 13.4. The van der Waals surface area contributed by atoms with E-state index in [4.69, 9.17) is 14.9 Å². The molecule has 6 rings (SSSR count). The molecule has 1 aromatic carbocycles. The van der Waals surface area contributed by atoms with Crippen molar-refractivity contribution < 1.29 is 36.3 Å². The Balaban J connectivity index is 0.000000537. The number of nitrogens with one attached hydrogen (secondary N) is 1. The van der Waals surface area contributed by atoms with Crippen LogP contribution in [0, 0.1) is 5.92 Å². The lowest BCUT2D eigenvalue weighted by molar-refractivity contribution is -0.192. The standard InChI is InChI=1S/C28H33N5O3S3.C2HF3O2/c1-2-33(39(35,36)25-11-7-15-37-25)24-10-5-8-20-16-23(30-26(20)24)27-29-17-22(38-27)19-31-12-6-9-21(18-31)28(34)32-13-3-4-14-32;3-2(4,5)1(6)7/h5,7-8,10-11,15-17,21,30H,2-4,6,9,12-14,18-19H2,1H3;(H,6,7). The molecule has 3 aromatic heterocycles. The van der Waals surface area contributed by atoms with E-state index in [0.717, 1.165) is 84.9 Å². The number of carboxylic acid groups (broad SMARTS) is 1. The number of benzene rings is 1. The van der Waals surface area contributed by atoms with E-state index in [9.17, 15) is 26.4 Å². The Morgan fingerprint density at radius 3 is 2.52 bits per heavy atom. The van der Waals surface area contributed by atoms with Crippen LogP contribution >= 0.6 is 22.7 Å². The zero-order chi connectivity index (χ0) is 33.1. The molecule has 0 saturated carbocycles. The van der Waals surface area contributed by atoms with Gasteiger partial charge in [0, 0.05) is 49.2 Å². The van der Waals surface area contributed by atoms with Crippen LogP contribution in [0.25, 0.3) is 21.6 Å². The number of thiazole rings is 1. The molecule has 1 amide bonds. The summed E-state index contributed by atoms with van der Waals surface area (Å²) in [5.74, 6) is -2.32. The molecule has 5 heterocycles. The van der Waals surface area contributed by atoms with Crippen LogP contribution in [0.5, 0.6) is 0 Å². The number of piperidine rings is 1. The summed E-state index contributed by atoms with van der Waals surface area (Å²) >= 11 is 2.87. The molecule has 4 aromatic rings. The monoisotopic (exact) mass is 697 g/mol. The Bertz CT molecular complexity index is 1770. The van der Waals surface area contributed by atoms with Crippen LogP contribution in [-0.2, 0) is 26.2 Å². The quantitative estimate of drug-likeness (QED) is 0.230. The minimum atomic E-state index is -5.08. The van der Waals surface area contributed by atoms with Crippen LogP contribution in [0.2, 0.25) is 0 Å². The summed E-state index contributed by atoms with van der Waals surface area (Å²) in [4.78, 5) is 35.6. The number of fused-ring (bicyclic) bond motifs is 1. The fourth-order valence-corrected chi connectivity index (χ4v) is 9.29. The zero-order valence-corrected chi connectivity index (χ0v) is 27.4. The van der Waals surface area contributed by atoms with Crippen molar-refractivity contribution in [2.45, 2.75) is 49.5 Å². The number of nitrogens with zero attached hydrogens (tertiary/aromatic N) is 4. The number of H-pyrrole nitrogens is 1. The molecule has 0 aliphatic carbocycles. The topological polar surface area (TPSA) is 127 Å².